The van der Waals surface area contributed by atoms with Crippen LogP contribution in [0.3, 0.4) is 0 Å². The second kappa shape index (κ2) is 5.29. The van der Waals surface area contributed by atoms with Gasteiger partial charge in [-0.25, -0.2) is 16.8 Å². The van der Waals surface area contributed by atoms with Gasteiger partial charge in [0.25, 0.3) is 2.74 Å². The zero-order valence-corrected chi connectivity index (χ0v) is 12.4. The molecule has 0 aliphatic heterocycles. The van der Waals surface area contributed by atoms with Gasteiger partial charge in [0, 0.05) is 12.5 Å². The Morgan fingerprint density at radius 1 is 0.867 bits per heavy atom. The second-order valence-electron chi connectivity index (χ2n) is 2.91. The second-order valence-corrected chi connectivity index (χ2v) is 11.7. The summed E-state index contributed by atoms with van der Waals surface area (Å²) in [6.45, 7) is 3.48. The molecule has 92 valence electrons. The lowest BCUT2D eigenvalue weighted by atomic mass is 11.0. The molecule has 0 saturated heterocycles. The summed E-state index contributed by atoms with van der Waals surface area (Å²) in [6.07, 6.45) is 1.94. The van der Waals surface area contributed by atoms with Crippen molar-refractivity contribution in [2.75, 3.05) is 24.0 Å². The van der Waals surface area contributed by atoms with E-state index in [1.165, 1.54) is 0 Å². The zero-order valence-electron chi connectivity index (χ0n) is 9.18. The van der Waals surface area contributed by atoms with E-state index in [1.807, 2.05) is 0 Å². The molecule has 0 bridgehead atoms. The Kier molecular flexibility index (Phi) is 5.50. The van der Waals surface area contributed by atoms with Gasteiger partial charge in [-0.1, -0.05) is 13.8 Å². The molecule has 0 aliphatic rings. The van der Waals surface area contributed by atoms with Crippen LogP contribution < -0.4 is 0 Å². The van der Waals surface area contributed by atoms with Crippen molar-refractivity contribution in [1.29, 1.82) is 0 Å². The van der Waals surface area contributed by atoms with Gasteiger partial charge in [0.2, 0.25) is 0 Å². The predicted octanol–water partition coefficient (Wildman–Crippen LogP) is 1.19. The van der Waals surface area contributed by atoms with Crippen LogP contribution in [0.5, 0.6) is 0 Å². The Bertz CT molecular complexity index is 355. The van der Waals surface area contributed by atoms with E-state index < -0.39 is 22.4 Å². The van der Waals surface area contributed by atoms with Gasteiger partial charge in [0.05, 0.1) is 0 Å². The normalized spacial score (nSPS) is 14.1. The molecule has 4 nitrogen and oxygen atoms in total. The van der Waals surface area contributed by atoms with E-state index in [0.29, 0.717) is 11.5 Å². The molecule has 0 saturated carbocycles. The van der Waals surface area contributed by atoms with Crippen molar-refractivity contribution in [3.05, 3.63) is 0 Å². The minimum Gasteiger partial charge on any atom is -0.226 e. The standard InChI is InChI=1S/C7H16O4S4/c1-5-12-7(13-6-2,14(3,8)9)15(4,10)11/h5-6H2,1-4H3. The Balaban J connectivity index is 5.72. The molecule has 0 N–H and O–H groups in total. The molecular weight excluding hydrogens is 276 g/mol. The SMILES string of the molecule is CCSC(SCC)(S(C)(=O)=O)S(C)(=O)=O. The molecule has 8 heteroatoms. The molecule has 0 aromatic heterocycles. The maximum atomic E-state index is 11.7. The summed E-state index contributed by atoms with van der Waals surface area (Å²) in [4.78, 5) is 0. The summed E-state index contributed by atoms with van der Waals surface area (Å²) in [5, 5.41) is 0. The highest BCUT2D eigenvalue weighted by Crippen LogP contribution is 2.45. The Morgan fingerprint density at radius 3 is 1.27 bits per heavy atom. The van der Waals surface area contributed by atoms with Gasteiger partial charge in [-0.3, -0.25) is 0 Å². The van der Waals surface area contributed by atoms with Gasteiger partial charge in [0.1, 0.15) is 0 Å². The van der Waals surface area contributed by atoms with Crippen LogP contribution in [-0.2, 0) is 19.7 Å². The summed E-state index contributed by atoms with van der Waals surface area (Å²) in [7, 11) is -7.34. The van der Waals surface area contributed by atoms with Crippen molar-refractivity contribution in [1.82, 2.24) is 0 Å². The molecule has 0 spiro atoms. The number of sulfone groups is 2. The first-order valence-electron chi connectivity index (χ1n) is 4.29. The van der Waals surface area contributed by atoms with Crippen molar-refractivity contribution in [2.24, 2.45) is 0 Å². The molecule has 0 amide bonds. The van der Waals surface area contributed by atoms with Crippen LogP contribution in [0.15, 0.2) is 0 Å². The van der Waals surface area contributed by atoms with Gasteiger partial charge in [0.15, 0.2) is 19.7 Å². The molecule has 0 aliphatic carbocycles. The number of thioether (sulfide) groups is 2. The lowest BCUT2D eigenvalue weighted by molar-refractivity contribution is 0.589. The molecular formula is C7H16O4S4. The fourth-order valence-corrected chi connectivity index (χ4v) is 9.89. The van der Waals surface area contributed by atoms with Crippen molar-refractivity contribution >= 4 is 43.2 Å². The smallest absolute Gasteiger partial charge is 0.226 e. The predicted molar refractivity (Wildman–Crippen MR) is 68.7 cm³/mol. The third-order valence-electron chi connectivity index (χ3n) is 1.55. The van der Waals surface area contributed by atoms with Crippen molar-refractivity contribution in [3.63, 3.8) is 0 Å². The summed E-state index contributed by atoms with van der Waals surface area (Å²) >= 11 is 1.90. The van der Waals surface area contributed by atoms with Crippen LogP contribution in [0.25, 0.3) is 0 Å². The molecule has 15 heavy (non-hydrogen) atoms. The van der Waals surface area contributed by atoms with E-state index in [9.17, 15) is 16.8 Å². The molecule has 0 unspecified atom stereocenters. The summed E-state index contributed by atoms with van der Waals surface area (Å²) in [5.41, 5.74) is 0. The van der Waals surface area contributed by atoms with Crippen LogP contribution in [0.1, 0.15) is 13.8 Å². The van der Waals surface area contributed by atoms with E-state index in [2.05, 4.69) is 0 Å². The van der Waals surface area contributed by atoms with Gasteiger partial charge in [-0.05, 0) is 11.5 Å². The molecule has 0 radical (unpaired) electrons. The lowest BCUT2D eigenvalue weighted by Crippen LogP contribution is -2.39. The minimum absolute atomic E-state index is 0.438. The van der Waals surface area contributed by atoms with Crippen molar-refractivity contribution in [2.45, 2.75) is 16.6 Å². The van der Waals surface area contributed by atoms with E-state index >= 15 is 0 Å². The van der Waals surface area contributed by atoms with E-state index in [0.717, 1.165) is 36.0 Å². The molecule has 0 aromatic rings. The highest BCUT2D eigenvalue weighted by molar-refractivity contribution is 8.43. The fraction of sp³-hybridized carbons (Fsp3) is 1.00. The average Bonchev–Trinajstić information content (AvgIpc) is 1.99. The molecule has 0 heterocycles. The third-order valence-corrected chi connectivity index (χ3v) is 12.2. The van der Waals surface area contributed by atoms with E-state index in [1.54, 1.807) is 13.8 Å². The molecule has 0 rings (SSSR count). The highest BCUT2D eigenvalue weighted by atomic mass is 32.4. The Morgan fingerprint density at radius 2 is 1.13 bits per heavy atom. The third kappa shape index (κ3) is 3.28. The zero-order chi connectivity index (χ0) is 12.3. The largest absolute Gasteiger partial charge is 0.263 e. The topological polar surface area (TPSA) is 68.3 Å². The maximum Gasteiger partial charge on any atom is 0.263 e. The van der Waals surface area contributed by atoms with Crippen LogP contribution >= 0.6 is 23.5 Å². The molecule has 0 aromatic carbocycles. The van der Waals surface area contributed by atoms with Gasteiger partial charge >= 0.3 is 0 Å². The highest BCUT2D eigenvalue weighted by Gasteiger charge is 2.50. The summed E-state index contributed by atoms with van der Waals surface area (Å²) < 4.78 is 44.9. The minimum atomic E-state index is -3.67. The Labute approximate surface area is 100 Å². The van der Waals surface area contributed by atoms with Crippen LogP contribution in [0.4, 0.5) is 0 Å². The van der Waals surface area contributed by atoms with E-state index in [-0.39, 0.29) is 0 Å². The fourth-order valence-electron chi connectivity index (χ4n) is 1.10. The van der Waals surface area contributed by atoms with Crippen LogP contribution in [-0.4, -0.2) is 43.6 Å². The first-order chi connectivity index (χ1) is 6.62. The first-order valence-corrected chi connectivity index (χ1v) is 10.0. The van der Waals surface area contributed by atoms with Crippen LogP contribution in [0, 0.1) is 0 Å². The number of rotatable bonds is 6. The summed E-state index contributed by atoms with van der Waals surface area (Å²) in [5.74, 6) is 0.875. The number of hydrogen-bond donors (Lipinski definition) is 0. The van der Waals surface area contributed by atoms with Crippen molar-refractivity contribution < 1.29 is 16.8 Å². The van der Waals surface area contributed by atoms with Gasteiger partial charge < -0.3 is 0 Å². The average molecular weight is 292 g/mol. The lowest BCUT2D eigenvalue weighted by Gasteiger charge is -2.27. The van der Waals surface area contributed by atoms with Crippen molar-refractivity contribution in [3.8, 4) is 0 Å². The monoisotopic (exact) mass is 292 g/mol. The number of hydrogen-bond acceptors (Lipinski definition) is 6. The quantitative estimate of drug-likeness (QED) is 0.685. The van der Waals surface area contributed by atoms with Gasteiger partial charge in [-0.15, -0.1) is 23.5 Å². The molecule has 0 fully saturated rings. The van der Waals surface area contributed by atoms with E-state index in [4.69, 9.17) is 0 Å². The Hall–Kier alpha value is 0.600. The van der Waals surface area contributed by atoms with Crippen LogP contribution in [0.2, 0.25) is 0 Å². The first kappa shape index (κ1) is 15.6. The van der Waals surface area contributed by atoms with Gasteiger partial charge in [-0.2, -0.15) is 0 Å². The summed E-state index contributed by atoms with van der Waals surface area (Å²) in [6, 6.07) is 0. The maximum absolute atomic E-state index is 11.7. The molecule has 0 atom stereocenters.